The minimum Gasteiger partial charge on any atom is -0.368 e. The zero-order valence-corrected chi connectivity index (χ0v) is 13.6. The Kier molecular flexibility index (Phi) is 7.40. The van der Waals surface area contributed by atoms with Crippen LogP contribution in [0.3, 0.4) is 0 Å². The lowest BCUT2D eigenvalue weighted by molar-refractivity contribution is -0.123. The van der Waals surface area contributed by atoms with Gasteiger partial charge in [-0.2, -0.15) is 0 Å². The van der Waals surface area contributed by atoms with Crippen molar-refractivity contribution in [2.75, 3.05) is 27.2 Å². The predicted octanol–water partition coefficient (Wildman–Crippen LogP) is 1.79. The van der Waals surface area contributed by atoms with E-state index in [1.165, 1.54) is 5.56 Å². The fourth-order valence-corrected chi connectivity index (χ4v) is 2.31. The number of carbonyl (C=O) groups is 1. The Hall–Kier alpha value is -1.39. The van der Waals surface area contributed by atoms with E-state index in [1.54, 1.807) is 7.05 Å². The first-order chi connectivity index (χ1) is 9.98. The number of hydrogen-bond acceptors (Lipinski definition) is 3. The van der Waals surface area contributed by atoms with Gasteiger partial charge in [-0.05, 0) is 58.8 Å². The SMILES string of the molecule is CNC(C)(CCCCN(C)CCc1ccccc1)C(N)=O. The van der Waals surface area contributed by atoms with Crippen LogP contribution in [0.5, 0.6) is 0 Å². The van der Waals surface area contributed by atoms with Gasteiger partial charge in [0.05, 0.1) is 5.54 Å². The second-order valence-electron chi connectivity index (χ2n) is 5.94. The average Bonchev–Trinajstić information content (AvgIpc) is 2.50. The minimum absolute atomic E-state index is 0.276. The quantitative estimate of drug-likeness (QED) is 0.646. The first-order valence-corrected chi connectivity index (χ1v) is 7.69. The lowest BCUT2D eigenvalue weighted by atomic mass is 9.94. The molecule has 0 spiro atoms. The molecular weight excluding hydrogens is 262 g/mol. The number of nitrogens with two attached hydrogens (primary N) is 1. The zero-order valence-electron chi connectivity index (χ0n) is 13.6. The lowest BCUT2D eigenvalue weighted by Crippen LogP contribution is -2.51. The molecule has 0 radical (unpaired) electrons. The van der Waals surface area contributed by atoms with E-state index >= 15 is 0 Å². The van der Waals surface area contributed by atoms with Crippen LogP contribution < -0.4 is 11.1 Å². The number of benzene rings is 1. The van der Waals surface area contributed by atoms with E-state index in [4.69, 9.17) is 5.73 Å². The van der Waals surface area contributed by atoms with Crippen molar-refractivity contribution in [3.05, 3.63) is 35.9 Å². The maximum atomic E-state index is 11.4. The van der Waals surface area contributed by atoms with Crippen LogP contribution in [0.25, 0.3) is 0 Å². The summed E-state index contributed by atoms with van der Waals surface area (Å²) in [4.78, 5) is 13.7. The molecule has 1 aromatic rings. The highest BCUT2D eigenvalue weighted by atomic mass is 16.1. The van der Waals surface area contributed by atoms with Crippen LogP contribution in [-0.4, -0.2) is 43.5 Å². The number of hydrogen-bond donors (Lipinski definition) is 2. The number of nitrogens with zero attached hydrogens (tertiary/aromatic N) is 1. The molecule has 0 fully saturated rings. The van der Waals surface area contributed by atoms with E-state index < -0.39 is 5.54 Å². The van der Waals surface area contributed by atoms with Gasteiger partial charge in [0, 0.05) is 6.54 Å². The van der Waals surface area contributed by atoms with Gasteiger partial charge in [-0.3, -0.25) is 4.79 Å². The third-order valence-electron chi connectivity index (χ3n) is 4.19. The van der Waals surface area contributed by atoms with Gasteiger partial charge in [0.25, 0.3) is 0 Å². The molecule has 118 valence electrons. The van der Waals surface area contributed by atoms with E-state index in [0.29, 0.717) is 0 Å². The molecule has 0 heterocycles. The van der Waals surface area contributed by atoms with Crippen molar-refractivity contribution in [1.82, 2.24) is 10.2 Å². The Morgan fingerprint density at radius 2 is 1.90 bits per heavy atom. The smallest absolute Gasteiger partial charge is 0.237 e. The summed E-state index contributed by atoms with van der Waals surface area (Å²) in [7, 11) is 3.94. The molecule has 4 heteroatoms. The Morgan fingerprint density at radius 1 is 1.24 bits per heavy atom. The molecule has 4 nitrogen and oxygen atoms in total. The van der Waals surface area contributed by atoms with Crippen molar-refractivity contribution < 1.29 is 4.79 Å². The summed E-state index contributed by atoms with van der Waals surface area (Å²) in [6.07, 6.45) is 3.93. The number of likely N-dealkylation sites (N-methyl/N-ethyl adjacent to an activating group) is 2. The van der Waals surface area contributed by atoms with Gasteiger partial charge in [0.2, 0.25) is 5.91 Å². The molecule has 0 bridgehead atoms. The molecule has 1 amide bonds. The van der Waals surface area contributed by atoms with Crippen molar-refractivity contribution in [3.8, 4) is 0 Å². The second kappa shape index (κ2) is 8.80. The van der Waals surface area contributed by atoms with E-state index in [2.05, 4.69) is 41.5 Å². The molecule has 0 saturated heterocycles. The molecule has 1 atom stereocenters. The highest BCUT2D eigenvalue weighted by molar-refractivity contribution is 5.84. The van der Waals surface area contributed by atoms with E-state index in [9.17, 15) is 4.79 Å². The topological polar surface area (TPSA) is 58.4 Å². The fraction of sp³-hybridized carbons (Fsp3) is 0.588. The van der Waals surface area contributed by atoms with Crippen molar-refractivity contribution in [1.29, 1.82) is 0 Å². The van der Waals surface area contributed by atoms with Gasteiger partial charge in [0.15, 0.2) is 0 Å². The van der Waals surface area contributed by atoms with E-state index in [0.717, 1.165) is 38.8 Å². The molecule has 0 aliphatic heterocycles. The molecule has 0 aliphatic rings. The molecule has 1 rings (SSSR count). The van der Waals surface area contributed by atoms with Gasteiger partial charge in [-0.25, -0.2) is 0 Å². The van der Waals surface area contributed by atoms with Gasteiger partial charge in [-0.15, -0.1) is 0 Å². The Bertz CT molecular complexity index is 421. The van der Waals surface area contributed by atoms with Crippen LogP contribution in [0.15, 0.2) is 30.3 Å². The molecule has 0 aliphatic carbocycles. The zero-order chi connectivity index (χ0) is 15.7. The number of unbranched alkanes of at least 4 members (excludes halogenated alkanes) is 1. The van der Waals surface area contributed by atoms with Crippen LogP contribution in [-0.2, 0) is 11.2 Å². The number of rotatable bonds is 10. The summed E-state index contributed by atoms with van der Waals surface area (Å²) >= 11 is 0. The highest BCUT2D eigenvalue weighted by Crippen LogP contribution is 2.13. The summed E-state index contributed by atoms with van der Waals surface area (Å²) in [5.41, 5.74) is 6.22. The number of amides is 1. The van der Waals surface area contributed by atoms with Crippen molar-refractivity contribution >= 4 is 5.91 Å². The molecule has 1 unspecified atom stereocenters. The standard InChI is InChI=1S/C17H29N3O/c1-17(19-2,16(18)21)12-7-8-13-20(3)14-11-15-9-5-4-6-10-15/h4-6,9-10,19H,7-8,11-14H2,1-3H3,(H2,18,21). The van der Waals surface area contributed by atoms with Crippen molar-refractivity contribution in [3.63, 3.8) is 0 Å². The maximum absolute atomic E-state index is 11.4. The average molecular weight is 291 g/mol. The third-order valence-corrected chi connectivity index (χ3v) is 4.19. The summed E-state index contributed by atoms with van der Waals surface area (Å²) in [5, 5.41) is 3.02. The van der Waals surface area contributed by atoms with Gasteiger partial charge < -0.3 is 16.0 Å². The molecule has 0 aromatic heterocycles. The summed E-state index contributed by atoms with van der Waals surface area (Å²) < 4.78 is 0. The van der Waals surface area contributed by atoms with Crippen LogP contribution >= 0.6 is 0 Å². The monoisotopic (exact) mass is 291 g/mol. The lowest BCUT2D eigenvalue weighted by Gasteiger charge is -2.25. The van der Waals surface area contributed by atoms with Gasteiger partial charge in [0.1, 0.15) is 0 Å². The van der Waals surface area contributed by atoms with Crippen LogP contribution in [0.4, 0.5) is 0 Å². The van der Waals surface area contributed by atoms with Crippen LogP contribution in [0.1, 0.15) is 31.7 Å². The molecule has 21 heavy (non-hydrogen) atoms. The predicted molar refractivity (Wildman–Crippen MR) is 88.2 cm³/mol. The Balaban J connectivity index is 2.19. The van der Waals surface area contributed by atoms with E-state index in [1.807, 2.05) is 13.0 Å². The third kappa shape index (κ3) is 6.27. The van der Waals surface area contributed by atoms with Crippen LogP contribution in [0.2, 0.25) is 0 Å². The van der Waals surface area contributed by atoms with Crippen LogP contribution in [0, 0.1) is 0 Å². The summed E-state index contributed by atoms with van der Waals surface area (Å²) in [6, 6.07) is 10.5. The second-order valence-corrected chi connectivity index (χ2v) is 5.94. The molecule has 3 N–H and O–H groups in total. The number of primary amides is 1. The van der Waals surface area contributed by atoms with Crippen molar-refractivity contribution in [2.24, 2.45) is 5.73 Å². The highest BCUT2D eigenvalue weighted by Gasteiger charge is 2.27. The normalized spacial score (nSPS) is 14.1. The van der Waals surface area contributed by atoms with E-state index in [-0.39, 0.29) is 5.91 Å². The molecular formula is C17H29N3O. The number of carbonyl (C=O) groups excluding carboxylic acids is 1. The molecule has 0 saturated carbocycles. The largest absolute Gasteiger partial charge is 0.368 e. The van der Waals surface area contributed by atoms with Gasteiger partial charge in [-0.1, -0.05) is 30.3 Å². The first-order valence-electron chi connectivity index (χ1n) is 7.69. The Morgan fingerprint density at radius 3 is 2.48 bits per heavy atom. The number of nitrogens with one attached hydrogen (secondary N) is 1. The van der Waals surface area contributed by atoms with Gasteiger partial charge >= 0.3 is 0 Å². The fourth-order valence-electron chi connectivity index (χ4n) is 2.31. The summed E-state index contributed by atoms with van der Waals surface area (Å²) in [5.74, 6) is -0.276. The first kappa shape index (κ1) is 17.7. The van der Waals surface area contributed by atoms with Crippen molar-refractivity contribution in [2.45, 2.75) is 38.1 Å². The summed E-state index contributed by atoms with van der Waals surface area (Å²) in [6.45, 7) is 3.98. The molecule has 1 aromatic carbocycles. The Labute approximate surface area is 128 Å². The minimum atomic E-state index is -0.581. The maximum Gasteiger partial charge on any atom is 0.237 e.